The summed E-state index contributed by atoms with van der Waals surface area (Å²) in [7, 11) is 0. The standard InChI is InChI=1S/C14H21N3OS/c1-11(2)17(9-12-4-3-5-15-8-12)14(18)13-10-19-7-6-16-13/h3-5,8,11,13,16H,6-7,9-10H2,1-2H3. The predicted molar refractivity (Wildman–Crippen MR) is 79.0 cm³/mol. The van der Waals surface area contributed by atoms with Crippen molar-refractivity contribution in [3.05, 3.63) is 30.1 Å². The monoisotopic (exact) mass is 279 g/mol. The molecule has 0 saturated carbocycles. The molecule has 0 aliphatic carbocycles. The Morgan fingerprint density at radius 1 is 1.63 bits per heavy atom. The van der Waals surface area contributed by atoms with E-state index >= 15 is 0 Å². The molecular formula is C14H21N3OS. The van der Waals surface area contributed by atoms with Gasteiger partial charge in [0.05, 0.1) is 6.04 Å². The lowest BCUT2D eigenvalue weighted by atomic mass is 10.2. The number of carbonyl (C=O) groups is 1. The van der Waals surface area contributed by atoms with E-state index in [0.29, 0.717) is 6.54 Å². The van der Waals surface area contributed by atoms with Gasteiger partial charge in [0.15, 0.2) is 0 Å². The van der Waals surface area contributed by atoms with Gasteiger partial charge in [-0.3, -0.25) is 9.78 Å². The SMILES string of the molecule is CC(C)N(Cc1cccnc1)C(=O)C1CSCCN1. The zero-order chi connectivity index (χ0) is 13.7. The minimum absolute atomic E-state index is 0.0437. The van der Waals surface area contributed by atoms with Crippen LogP contribution >= 0.6 is 11.8 Å². The van der Waals surface area contributed by atoms with E-state index in [2.05, 4.69) is 24.1 Å². The van der Waals surface area contributed by atoms with Crippen molar-refractivity contribution in [2.75, 3.05) is 18.1 Å². The van der Waals surface area contributed by atoms with Crippen molar-refractivity contribution >= 4 is 17.7 Å². The second-order valence-electron chi connectivity index (χ2n) is 5.00. The lowest BCUT2D eigenvalue weighted by Crippen LogP contribution is -2.52. The van der Waals surface area contributed by atoms with Gasteiger partial charge in [0.2, 0.25) is 5.91 Å². The average Bonchev–Trinajstić information content (AvgIpc) is 2.46. The summed E-state index contributed by atoms with van der Waals surface area (Å²) in [6.07, 6.45) is 3.58. The van der Waals surface area contributed by atoms with Gasteiger partial charge in [-0.25, -0.2) is 0 Å². The van der Waals surface area contributed by atoms with Crippen molar-refractivity contribution in [2.45, 2.75) is 32.5 Å². The lowest BCUT2D eigenvalue weighted by molar-refractivity contribution is -0.135. The van der Waals surface area contributed by atoms with E-state index in [-0.39, 0.29) is 18.0 Å². The second kappa shape index (κ2) is 6.91. The van der Waals surface area contributed by atoms with E-state index in [4.69, 9.17) is 0 Å². The molecule has 4 nitrogen and oxygen atoms in total. The molecule has 104 valence electrons. The van der Waals surface area contributed by atoms with Crippen LogP contribution < -0.4 is 5.32 Å². The molecule has 1 aliphatic heterocycles. The molecule has 1 amide bonds. The first-order valence-electron chi connectivity index (χ1n) is 6.69. The first-order valence-corrected chi connectivity index (χ1v) is 7.84. The molecule has 2 heterocycles. The van der Waals surface area contributed by atoms with E-state index < -0.39 is 0 Å². The third-order valence-electron chi connectivity index (χ3n) is 3.20. The van der Waals surface area contributed by atoms with Crippen LogP contribution in [0.4, 0.5) is 0 Å². The van der Waals surface area contributed by atoms with E-state index in [0.717, 1.165) is 23.6 Å². The molecular weight excluding hydrogens is 258 g/mol. The highest BCUT2D eigenvalue weighted by molar-refractivity contribution is 7.99. The number of amides is 1. The van der Waals surface area contributed by atoms with Gasteiger partial charge < -0.3 is 10.2 Å². The number of rotatable bonds is 4. The molecule has 0 aromatic carbocycles. The Kier molecular flexibility index (Phi) is 5.22. The fourth-order valence-electron chi connectivity index (χ4n) is 2.13. The van der Waals surface area contributed by atoms with Crippen LogP contribution in [0.5, 0.6) is 0 Å². The Hall–Kier alpha value is -1.07. The number of thioether (sulfide) groups is 1. The predicted octanol–water partition coefficient (Wildman–Crippen LogP) is 1.52. The van der Waals surface area contributed by atoms with Crippen LogP contribution in [0.25, 0.3) is 0 Å². The van der Waals surface area contributed by atoms with Crippen LogP contribution in [0.15, 0.2) is 24.5 Å². The van der Waals surface area contributed by atoms with Crippen molar-refractivity contribution in [3.8, 4) is 0 Å². The Bertz CT molecular complexity index is 404. The second-order valence-corrected chi connectivity index (χ2v) is 6.15. The van der Waals surface area contributed by atoms with Gasteiger partial charge in [-0.1, -0.05) is 6.07 Å². The molecule has 2 rings (SSSR count). The molecule has 19 heavy (non-hydrogen) atoms. The Morgan fingerprint density at radius 2 is 2.47 bits per heavy atom. The van der Waals surface area contributed by atoms with Gasteiger partial charge in [0.1, 0.15) is 0 Å². The van der Waals surface area contributed by atoms with E-state index in [1.54, 1.807) is 6.20 Å². The number of nitrogens with zero attached hydrogens (tertiary/aromatic N) is 2. The van der Waals surface area contributed by atoms with Gasteiger partial charge in [-0.05, 0) is 25.5 Å². The molecule has 5 heteroatoms. The molecule has 1 atom stereocenters. The van der Waals surface area contributed by atoms with Crippen molar-refractivity contribution in [3.63, 3.8) is 0 Å². The van der Waals surface area contributed by atoms with Crippen molar-refractivity contribution in [1.29, 1.82) is 0 Å². The fraction of sp³-hybridized carbons (Fsp3) is 0.571. The minimum atomic E-state index is -0.0437. The summed E-state index contributed by atoms with van der Waals surface area (Å²) in [6.45, 7) is 5.67. The highest BCUT2D eigenvalue weighted by Gasteiger charge is 2.27. The van der Waals surface area contributed by atoms with Crippen LogP contribution in [0.3, 0.4) is 0 Å². The largest absolute Gasteiger partial charge is 0.335 e. The van der Waals surface area contributed by atoms with Crippen molar-refractivity contribution in [2.24, 2.45) is 0 Å². The molecule has 0 bridgehead atoms. The zero-order valence-electron chi connectivity index (χ0n) is 11.5. The summed E-state index contributed by atoms with van der Waals surface area (Å²) >= 11 is 1.84. The molecule has 1 saturated heterocycles. The highest BCUT2D eigenvalue weighted by atomic mass is 32.2. The van der Waals surface area contributed by atoms with Crippen LogP contribution in [-0.4, -0.2) is 45.9 Å². The maximum Gasteiger partial charge on any atom is 0.241 e. The summed E-state index contributed by atoms with van der Waals surface area (Å²) in [6, 6.07) is 4.07. The molecule has 1 unspecified atom stereocenters. The maximum absolute atomic E-state index is 12.6. The number of aromatic nitrogens is 1. The summed E-state index contributed by atoms with van der Waals surface area (Å²) < 4.78 is 0. The van der Waals surface area contributed by atoms with Gasteiger partial charge in [-0.2, -0.15) is 11.8 Å². The zero-order valence-corrected chi connectivity index (χ0v) is 12.3. The topological polar surface area (TPSA) is 45.2 Å². The van der Waals surface area contributed by atoms with E-state index in [1.807, 2.05) is 35.0 Å². The highest BCUT2D eigenvalue weighted by Crippen LogP contribution is 2.14. The van der Waals surface area contributed by atoms with E-state index in [9.17, 15) is 4.79 Å². The number of hydrogen-bond donors (Lipinski definition) is 1. The van der Waals surface area contributed by atoms with Crippen LogP contribution in [0.1, 0.15) is 19.4 Å². The summed E-state index contributed by atoms with van der Waals surface area (Å²) in [5.74, 6) is 2.16. The molecule has 1 aromatic rings. The van der Waals surface area contributed by atoms with E-state index in [1.165, 1.54) is 0 Å². The quantitative estimate of drug-likeness (QED) is 0.908. The summed E-state index contributed by atoms with van der Waals surface area (Å²) in [4.78, 5) is 18.6. The third kappa shape index (κ3) is 3.94. The molecule has 1 fully saturated rings. The van der Waals surface area contributed by atoms with Crippen molar-refractivity contribution in [1.82, 2.24) is 15.2 Å². The molecule has 1 N–H and O–H groups in total. The maximum atomic E-state index is 12.6. The van der Waals surface area contributed by atoms with Gasteiger partial charge in [0.25, 0.3) is 0 Å². The van der Waals surface area contributed by atoms with Crippen LogP contribution in [0.2, 0.25) is 0 Å². The van der Waals surface area contributed by atoms with Crippen molar-refractivity contribution < 1.29 is 4.79 Å². The summed E-state index contributed by atoms with van der Waals surface area (Å²) in [5, 5.41) is 3.31. The Morgan fingerprint density at radius 3 is 3.05 bits per heavy atom. The first-order chi connectivity index (χ1) is 9.18. The number of pyridine rings is 1. The molecule has 0 spiro atoms. The van der Waals surface area contributed by atoms with Crippen LogP contribution in [0, 0.1) is 0 Å². The molecule has 0 radical (unpaired) electrons. The smallest absolute Gasteiger partial charge is 0.241 e. The normalized spacial score (nSPS) is 19.4. The van der Waals surface area contributed by atoms with Gasteiger partial charge in [0, 0.05) is 43.0 Å². The average molecular weight is 279 g/mol. The minimum Gasteiger partial charge on any atom is -0.335 e. The third-order valence-corrected chi connectivity index (χ3v) is 4.26. The van der Waals surface area contributed by atoms with Gasteiger partial charge >= 0.3 is 0 Å². The Balaban J connectivity index is 2.04. The summed E-state index contributed by atoms with van der Waals surface area (Å²) in [5.41, 5.74) is 1.08. The van der Waals surface area contributed by atoms with Gasteiger partial charge in [-0.15, -0.1) is 0 Å². The Labute approximate surface area is 119 Å². The number of carbonyl (C=O) groups excluding carboxylic acids is 1. The lowest BCUT2D eigenvalue weighted by Gasteiger charge is -2.32. The molecule has 1 aromatic heterocycles. The van der Waals surface area contributed by atoms with Crippen LogP contribution in [-0.2, 0) is 11.3 Å². The number of nitrogens with one attached hydrogen (secondary N) is 1. The fourth-order valence-corrected chi connectivity index (χ4v) is 3.05. The first kappa shape index (κ1) is 14.3. The molecule has 1 aliphatic rings. The number of hydrogen-bond acceptors (Lipinski definition) is 4.